The average molecular weight is 234 g/mol. The first-order valence-corrected chi connectivity index (χ1v) is 3.48. The van der Waals surface area contributed by atoms with Gasteiger partial charge in [-0.3, -0.25) is 4.70 Å². The second kappa shape index (κ2) is 4.50. The van der Waals surface area contributed by atoms with E-state index in [1.54, 1.807) is 0 Å². The number of alkyl halides is 5. The van der Waals surface area contributed by atoms with Gasteiger partial charge < -0.3 is 0 Å². The molecule has 0 heterocycles. The van der Waals surface area contributed by atoms with Gasteiger partial charge in [0.2, 0.25) is 0 Å². The van der Waals surface area contributed by atoms with E-state index in [9.17, 15) is 26.3 Å². The zero-order valence-corrected chi connectivity index (χ0v) is 6.99. The van der Waals surface area contributed by atoms with Crippen LogP contribution in [0.25, 0.3) is 0 Å². The summed E-state index contributed by atoms with van der Waals surface area (Å²) in [5.74, 6) is -1.91. The first kappa shape index (κ1) is 13.7. The van der Waals surface area contributed by atoms with Gasteiger partial charge in [0, 0.05) is 0 Å². The molecule has 86 valence electrons. The fourth-order valence-corrected chi connectivity index (χ4v) is 0.937. The Kier molecular flexibility index (Phi) is 4.12. The lowest BCUT2D eigenvalue weighted by Crippen LogP contribution is -2.09. The monoisotopic (exact) mass is 234 g/mol. The maximum absolute atomic E-state index is 12.8. The molecule has 0 aromatic heterocycles. The molecule has 1 aromatic rings. The van der Waals surface area contributed by atoms with Crippen molar-refractivity contribution < 1.29 is 31.0 Å². The normalized spacial score (nSPS) is 11.4. The third-order valence-corrected chi connectivity index (χ3v) is 1.57. The first-order valence-electron chi connectivity index (χ1n) is 3.48. The molecule has 15 heavy (non-hydrogen) atoms. The van der Waals surface area contributed by atoms with E-state index in [4.69, 9.17) is 0 Å². The van der Waals surface area contributed by atoms with Crippen LogP contribution in [-0.2, 0) is 6.18 Å². The van der Waals surface area contributed by atoms with Crippen molar-refractivity contribution in [1.82, 2.24) is 0 Å². The summed E-state index contributed by atoms with van der Waals surface area (Å²) in [6.45, 7) is 0. The van der Waals surface area contributed by atoms with E-state index in [0.717, 1.165) is 6.07 Å². The van der Waals surface area contributed by atoms with Gasteiger partial charge in [0.1, 0.15) is 5.82 Å². The molecule has 0 unspecified atom stereocenters. The number of halogens is 7. The molecule has 0 aliphatic heterocycles. The van der Waals surface area contributed by atoms with Crippen LogP contribution >= 0.6 is 0 Å². The summed E-state index contributed by atoms with van der Waals surface area (Å²) in [5.41, 5.74) is -2.91. The smallest absolute Gasteiger partial charge is 0.269 e. The quantitative estimate of drug-likeness (QED) is 0.645. The summed E-state index contributed by atoms with van der Waals surface area (Å²) in [5, 5.41) is 0. The van der Waals surface area contributed by atoms with E-state index in [0.29, 0.717) is 12.1 Å². The zero-order valence-electron chi connectivity index (χ0n) is 6.99. The van der Waals surface area contributed by atoms with Crippen molar-refractivity contribution in [3.05, 3.63) is 35.1 Å². The Morgan fingerprint density at radius 3 is 2.00 bits per heavy atom. The van der Waals surface area contributed by atoms with E-state index in [2.05, 4.69) is 0 Å². The summed E-state index contributed by atoms with van der Waals surface area (Å²) in [7, 11) is 0. The highest BCUT2D eigenvalue weighted by Crippen LogP contribution is 2.34. The standard InChI is InChI=1S/C8H4F6.FH/c9-6-4(7(10)11)2-1-3-5(6)8(12,13)14;/h1-3,7H;1H. The Balaban J connectivity index is 0.00000196. The Morgan fingerprint density at radius 2 is 1.60 bits per heavy atom. The van der Waals surface area contributed by atoms with E-state index in [1.807, 2.05) is 0 Å². The minimum atomic E-state index is -4.95. The molecule has 1 rings (SSSR count). The van der Waals surface area contributed by atoms with Gasteiger partial charge in [-0.1, -0.05) is 12.1 Å². The third kappa shape index (κ3) is 2.84. The molecule has 0 saturated carbocycles. The second-order valence-electron chi connectivity index (χ2n) is 2.51. The lowest BCUT2D eigenvalue weighted by molar-refractivity contribution is -0.140. The largest absolute Gasteiger partial charge is 0.419 e. The van der Waals surface area contributed by atoms with Crippen molar-refractivity contribution in [2.75, 3.05) is 0 Å². The summed E-state index contributed by atoms with van der Waals surface area (Å²) in [6.07, 6.45) is -8.20. The van der Waals surface area contributed by atoms with Crippen molar-refractivity contribution in [1.29, 1.82) is 0 Å². The highest BCUT2D eigenvalue weighted by molar-refractivity contribution is 5.28. The van der Waals surface area contributed by atoms with Crippen LogP contribution in [0.1, 0.15) is 17.6 Å². The van der Waals surface area contributed by atoms with Crippen LogP contribution in [0.4, 0.5) is 31.0 Å². The molecule has 0 amide bonds. The maximum Gasteiger partial charge on any atom is 0.419 e. The van der Waals surface area contributed by atoms with Crippen LogP contribution in [0.3, 0.4) is 0 Å². The van der Waals surface area contributed by atoms with Gasteiger partial charge in [0.05, 0.1) is 11.1 Å². The van der Waals surface area contributed by atoms with Gasteiger partial charge in [0.25, 0.3) is 6.43 Å². The maximum atomic E-state index is 12.8. The van der Waals surface area contributed by atoms with Crippen molar-refractivity contribution in [2.24, 2.45) is 0 Å². The highest BCUT2D eigenvalue weighted by Gasteiger charge is 2.35. The number of hydrogen-bond donors (Lipinski definition) is 0. The molecule has 0 aliphatic carbocycles. The van der Waals surface area contributed by atoms with Crippen LogP contribution in [0, 0.1) is 5.82 Å². The molecular formula is C8H5F7. The molecule has 0 radical (unpaired) electrons. The molecule has 0 saturated heterocycles. The topological polar surface area (TPSA) is 0 Å². The molecule has 7 heteroatoms. The van der Waals surface area contributed by atoms with Crippen molar-refractivity contribution >= 4 is 0 Å². The van der Waals surface area contributed by atoms with Crippen LogP contribution in [0.2, 0.25) is 0 Å². The fourth-order valence-electron chi connectivity index (χ4n) is 0.937. The summed E-state index contributed by atoms with van der Waals surface area (Å²) in [4.78, 5) is 0. The van der Waals surface area contributed by atoms with Crippen LogP contribution in [0.5, 0.6) is 0 Å². The molecule has 0 bridgehead atoms. The average Bonchev–Trinajstić information content (AvgIpc) is 2.01. The van der Waals surface area contributed by atoms with E-state index >= 15 is 0 Å². The Labute approximate surface area is 79.9 Å². The first-order chi connectivity index (χ1) is 6.34. The number of hydrogen-bond acceptors (Lipinski definition) is 0. The second-order valence-corrected chi connectivity index (χ2v) is 2.51. The molecule has 0 atom stereocenters. The molecule has 0 spiro atoms. The van der Waals surface area contributed by atoms with E-state index in [-0.39, 0.29) is 4.70 Å². The van der Waals surface area contributed by atoms with Crippen LogP contribution in [-0.4, -0.2) is 0 Å². The SMILES string of the molecule is F.Fc1c(C(F)F)cccc1C(F)(F)F. The molecule has 0 N–H and O–H groups in total. The predicted octanol–water partition coefficient (Wildman–Crippen LogP) is 3.93. The van der Waals surface area contributed by atoms with Crippen molar-refractivity contribution in [2.45, 2.75) is 12.6 Å². The van der Waals surface area contributed by atoms with Gasteiger partial charge in [-0.25, -0.2) is 13.2 Å². The lowest BCUT2D eigenvalue weighted by Gasteiger charge is -2.10. The van der Waals surface area contributed by atoms with Gasteiger partial charge in [-0.2, -0.15) is 13.2 Å². The zero-order chi connectivity index (χ0) is 10.9. The predicted molar refractivity (Wildman–Crippen MR) is 38.9 cm³/mol. The molecule has 1 aromatic carbocycles. The Morgan fingerprint density at radius 1 is 1.07 bits per heavy atom. The number of benzene rings is 1. The number of rotatable bonds is 1. The minimum absolute atomic E-state index is 0. The Bertz CT molecular complexity index is 328. The summed E-state index contributed by atoms with van der Waals surface area (Å²) < 4.78 is 72.8. The molecule has 0 nitrogen and oxygen atoms in total. The fraction of sp³-hybridized carbons (Fsp3) is 0.250. The minimum Gasteiger partial charge on any atom is -0.269 e. The van der Waals surface area contributed by atoms with Gasteiger partial charge >= 0.3 is 6.18 Å². The van der Waals surface area contributed by atoms with Gasteiger partial charge in [0.15, 0.2) is 0 Å². The molecule has 0 aliphatic rings. The van der Waals surface area contributed by atoms with Crippen LogP contribution in [0.15, 0.2) is 18.2 Å². The third-order valence-electron chi connectivity index (χ3n) is 1.57. The summed E-state index contributed by atoms with van der Waals surface area (Å²) in [6, 6.07) is 1.78. The van der Waals surface area contributed by atoms with E-state index < -0.39 is 29.5 Å². The highest BCUT2D eigenvalue weighted by atomic mass is 19.4. The van der Waals surface area contributed by atoms with E-state index in [1.165, 1.54) is 0 Å². The summed E-state index contributed by atoms with van der Waals surface area (Å²) >= 11 is 0. The van der Waals surface area contributed by atoms with Crippen molar-refractivity contribution in [3.8, 4) is 0 Å². The molecular weight excluding hydrogens is 229 g/mol. The van der Waals surface area contributed by atoms with Crippen LogP contribution < -0.4 is 0 Å². The van der Waals surface area contributed by atoms with Crippen molar-refractivity contribution in [3.63, 3.8) is 0 Å². The van der Waals surface area contributed by atoms with Gasteiger partial charge in [-0.05, 0) is 6.07 Å². The Hall–Kier alpha value is -1.27. The molecule has 0 fully saturated rings. The lowest BCUT2D eigenvalue weighted by atomic mass is 10.1. The van der Waals surface area contributed by atoms with Gasteiger partial charge in [-0.15, -0.1) is 0 Å².